The molecule has 0 aliphatic rings. The van der Waals surface area contributed by atoms with Crippen molar-refractivity contribution in [3.63, 3.8) is 0 Å². The summed E-state index contributed by atoms with van der Waals surface area (Å²) < 4.78 is 45.3. The highest BCUT2D eigenvalue weighted by Gasteiger charge is 2.18. The lowest BCUT2D eigenvalue weighted by molar-refractivity contribution is 0.305. The van der Waals surface area contributed by atoms with Crippen molar-refractivity contribution >= 4 is 54.9 Å². The van der Waals surface area contributed by atoms with E-state index in [1.165, 1.54) is 18.2 Å². The maximum absolute atomic E-state index is 13.4. The summed E-state index contributed by atoms with van der Waals surface area (Å²) in [5, 5.41) is 31.5. The smallest absolute Gasteiger partial charge is 0.253 e. The van der Waals surface area contributed by atoms with Crippen LogP contribution in [0.4, 0.5) is 21.6 Å². The van der Waals surface area contributed by atoms with Gasteiger partial charge >= 0.3 is 0 Å². The number of nitrogens with zero attached hydrogens (tertiary/aromatic N) is 4. The first kappa shape index (κ1) is 24.9. The van der Waals surface area contributed by atoms with E-state index in [-0.39, 0.29) is 40.9 Å². The summed E-state index contributed by atoms with van der Waals surface area (Å²) in [5.41, 5.74) is 1.14. The summed E-state index contributed by atoms with van der Waals surface area (Å²) in [6.45, 7) is 0.464. The average molecular weight is 555 g/mol. The van der Waals surface area contributed by atoms with Crippen LogP contribution in [0.2, 0.25) is 0 Å². The van der Waals surface area contributed by atoms with Gasteiger partial charge < -0.3 is 26.5 Å². The minimum atomic E-state index is -3.65. The molecule has 34 heavy (non-hydrogen) atoms. The molecule has 0 bridgehead atoms. The molecule has 0 aliphatic carbocycles. The maximum Gasteiger partial charge on any atom is 0.253 e. The number of hydrogen-bond donors (Lipinski definition) is 5. The standard InChI is InChI=1S/C19H20BrFN8O4S/c1-34(31,32)29-19(25-12-5-3-2-4-6-12)23-10-9-22-17-16(27-33-28-17)18(26-30)24-13-7-8-15(21)14(20)11-13/h2-8,11,30H,9-10H2,1H3,(H,22,28)(H,24,26)(H2,23,25,29). The predicted octanol–water partition coefficient (Wildman–Crippen LogP) is 2.65. The van der Waals surface area contributed by atoms with Gasteiger partial charge in [0, 0.05) is 24.5 Å². The largest absolute Gasteiger partial charge is 0.409 e. The molecular formula is C19H20BrFN8O4S. The van der Waals surface area contributed by atoms with Crippen LogP contribution in [0.15, 0.2) is 67.2 Å². The van der Waals surface area contributed by atoms with Gasteiger partial charge in [-0.05, 0) is 56.6 Å². The number of guanidine groups is 1. The number of oxime groups is 1. The molecular weight excluding hydrogens is 535 g/mol. The molecule has 5 N–H and O–H groups in total. The Labute approximate surface area is 202 Å². The Bertz CT molecular complexity index is 1280. The molecule has 1 heterocycles. The molecule has 0 aliphatic heterocycles. The van der Waals surface area contributed by atoms with E-state index in [0.29, 0.717) is 11.4 Å². The van der Waals surface area contributed by atoms with Crippen LogP contribution in [0.1, 0.15) is 5.69 Å². The van der Waals surface area contributed by atoms with Crippen LogP contribution in [0.5, 0.6) is 0 Å². The molecule has 0 fully saturated rings. The first-order chi connectivity index (χ1) is 16.2. The normalized spacial score (nSPS) is 12.3. The molecule has 0 amide bonds. The minimum absolute atomic E-state index is 0.0372. The van der Waals surface area contributed by atoms with Gasteiger partial charge in [0.15, 0.2) is 5.69 Å². The van der Waals surface area contributed by atoms with Gasteiger partial charge in [0.2, 0.25) is 17.6 Å². The van der Waals surface area contributed by atoms with E-state index < -0.39 is 15.8 Å². The molecule has 0 unspecified atom stereocenters. The zero-order valence-corrected chi connectivity index (χ0v) is 20.1. The van der Waals surface area contributed by atoms with Crippen molar-refractivity contribution in [1.82, 2.24) is 15.6 Å². The van der Waals surface area contributed by atoms with Crippen molar-refractivity contribution in [1.29, 1.82) is 0 Å². The van der Waals surface area contributed by atoms with Crippen LogP contribution in [-0.4, -0.2) is 55.1 Å². The second-order valence-electron chi connectivity index (χ2n) is 6.68. The van der Waals surface area contributed by atoms with Crippen molar-refractivity contribution in [3.05, 3.63) is 64.5 Å². The second kappa shape index (κ2) is 11.4. The van der Waals surface area contributed by atoms with Crippen LogP contribution >= 0.6 is 15.9 Å². The van der Waals surface area contributed by atoms with E-state index in [4.69, 9.17) is 4.63 Å². The van der Waals surface area contributed by atoms with E-state index >= 15 is 0 Å². The number of aromatic nitrogens is 2. The number of nitrogens with one attached hydrogen (secondary N) is 4. The van der Waals surface area contributed by atoms with Crippen molar-refractivity contribution in [2.45, 2.75) is 0 Å². The van der Waals surface area contributed by atoms with Crippen LogP contribution < -0.4 is 21.3 Å². The fourth-order valence-corrected chi connectivity index (χ4v) is 3.41. The van der Waals surface area contributed by atoms with E-state index in [1.54, 1.807) is 24.3 Å². The van der Waals surface area contributed by atoms with Crippen molar-refractivity contribution < 1.29 is 22.6 Å². The van der Waals surface area contributed by atoms with Gasteiger partial charge in [-0.3, -0.25) is 0 Å². The van der Waals surface area contributed by atoms with Crippen LogP contribution in [0.25, 0.3) is 0 Å². The Balaban J connectivity index is 1.62. The molecule has 12 nitrogen and oxygen atoms in total. The summed E-state index contributed by atoms with van der Waals surface area (Å²) in [6.07, 6.45) is 0.982. The van der Waals surface area contributed by atoms with Gasteiger partial charge in [0.1, 0.15) is 5.82 Å². The maximum atomic E-state index is 13.4. The summed E-state index contributed by atoms with van der Waals surface area (Å²) in [5.74, 6) is -0.358. The summed E-state index contributed by atoms with van der Waals surface area (Å²) in [6, 6.07) is 13.0. The third kappa shape index (κ3) is 7.41. The van der Waals surface area contributed by atoms with Crippen molar-refractivity contribution in [3.8, 4) is 0 Å². The van der Waals surface area contributed by atoms with Gasteiger partial charge in [0.05, 0.1) is 10.7 Å². The summed E-state index contributed by atoms with van der Waals surface area (Å²) in [4.78, 5) is 0. The number of hydrogen-bond acceptors (Lipinski definition) is 8. The zero-order valence-electron chi connectivity index (χ0n) is 17.7. The van der Waals surface area contributed by atoms with Crippen LogP contribution in [0.3, 0.4) is 0 Å². The first-order valence-electron chi connectivity index (χ1n) is 9.62. The molecule has 0 saturated carbocycles. The molecule has 180 valence electrons. The Morgan fingerprint density at radius 3 is 2.56 bits per heavy atom. The number of benzene rings is 2. The third-order valence-electron chi connectivity index (χ3n) is 4.00. The van der Waals surface area contributed by atoms with Gasteiger partial charge in [0.25, 0.3) is 10.0 Å². The second-order valence-corrected chi connectivity index (χ2v) is 9.18. The molecule has 0 saturated heterocycles. The van der Waals surface area contributed by atoms with Gasteiger partial charge in [-0.15, -0.1) is 4.40 Å². The summed E-state index contributed by atoms with van der Waals surface area (Å²) in [7, 11) is -3.65. The van der Waals surface area contributed by atoms with Gasteiger partial charge in [-0.1, -0.05) is 23.4 Å². The molecule has 2 aromatic carbocycles. The van der Waals surface area contributed by atoms with E-state index in [2.05, 4.69) is 57.1 Å². The third-order valence-corrected chi connectivity index (χ3v) is 5.12. The van der Waals surface area contributed by atoms with E-state index in [0.717, 1.165) is 6.26 Å². The van der Waals surface area contributed by atoms with Crippen molar-refractivity contribution in [2.75, 3.05) is 35.3 Å². The Kier molecular flexibility index (Phi) is 8.37. The molecule has 1 aromatic heterocycles. The van der Waals surface area contributed by atoms with Gasteiger partial charge in [-0.25, -0.2) is 17.4 Å². The molecule has 0 atom stereocenters. The Morgan fingerprint density at radius 1 is 1.12 bits per heavy atom. The monoisotopic (exact) mass is 554 g/mol. The van der Waals surface area contributed by atoms with E-state index in [1.807, 2.05) is 6.07 Å². The lowest BCUT2D eigenvalue weighted by Gasteiger charge is -2.12. The lowest BCUT2D eigenvalue weighted by atomic mass is 10.3. The first-order valence-corrected chi connectivity index (χ1v) is 12.3. The number of halogens is 2. The Hall–Kier alpha value is -3.72. The SMILES string of the molecule is CS(=O)(=O)/N=C(/NCCNc1nonc1/C(=N/O)Nc1ccc(F)c(Br)c1)Nc1ccccc1. The van der Waals surface area contributed by atoms with Crippen LogP contribution in [0, 0.1) is 5.82 Å². The fraction of sp³-hybridized carbons (Fsp3) is 0.158. The van der Waals surface area contributed by atoms with Crippen molar-refractivity contribution in [2.24, 2.45) is 9.55 Å². The van der Waals surface area contributed by atoms with E-state index in [9.17, 15) is 18.0 Å². The molecule has 3 aromatic rings. The highest BCUT2D eigenvalue weighted by molar-refractivity contribution is 9.10. The number of sulfonamides is 1. The predicted molar refractivity (Wildman–Crippen MR) is 129 cm³/mol. The average Bonchev–Trinajstić information content (AvgIpc) is 3.25. The molecule has 0 spiro atoms. The number of amidine groups is 1. The quantitative estimate of drug-likeness (QED) is 0.0917. The highest BCUT2D eigenvalue weighted by atomic mass is 79.9. The molecule has 0 radical (unpaired) electrons. The number of rotatable bonds is 8. The number of anilines is 3. The molecule has 15 heteroatoms. The highest BCUT2D eigenvalue weighted by Crippen LogP contribution is 2.21. The minimum Gasteiger partial charge on any atom is -0.409 e. The summed E-state index contributed by atoms with van der Waals surface area (Å²) >= 11 is 3.08. The lowest BCUT2D eigenvalue weighted by Crippen LogP contribution is -2.35. The molecule has 3 rings (SSSR count). The topological polar surface area (TPSA) is 166 Å². The zero-order chi connectivity index (χ0) is 24.6. The van der Waals surface area contributed by atoms with Crippen LogP contribution in [-0.2, 0) is 10.0 Å². The Morgan fingerprint density at radius 2 is 1.88 bits per heavy atom. The number of para-hydroxylation sites is 1. The van der Waals surface area contributed by atoms with Gasteiger partial charge in [-0.2, -0.15) is 0 Å². The fourth-order valence-electron chi connectivity index (χ4n) is 2.59.